The third kappa shape index (κ3) is 3.08. The van der Waals surface area contributed by atoms with Gasteiger partial charge in [0.25, 0.3) is 11.1 Å². The lowest BCUT2D eigenvalue weighted by Crippen LogP contribution is -1.80. The second-order valence-electron chi connectivity index (χ2n) is 3.77. The Morgan fingerprint density at radius 3 is 2.89 bits per heavy atom. The molecule has 0 atom stereocenters. The van der Waals surface area contributed by atoms with Crippen LogP contribution in [0.5, 0.6) is 0 Å². The van der Waals surface area contributed by atoms with E-state index in [4.69, 9.17) is 8.83 Å². The largest absolute Gasteiger partial charge is 0.459 e. The Hall–Kier alpha value is -1.53. The highest BCUT2D eigenvalue weighted by molar-refractivity contribution is 9.10. The summed E-state index contributed by atoms with van der Waals surface area (Å²) in [5, 5.41) is 8.47. The Balaban J connectivity index is 1.68. The summed E-state index contributed by atoms with van der Waals surface area (Å²) >= 11 is 4.94. The van der Waals surface area contributed by atoms with E-state index in [9.17, 15) is 0 Å². The Kier molecular flexibility index (Phi) is 3.70. The summed E-state index contributed by atoms with van der Waals surface area (Å²) in [7, 11) is 0. The van der Waals surface area contributed by atoms with Crippen LogP contribution >= 0.6 is 27.7 Å². The third-order valence-corrected chi connectivity index (χ3v) is 3.77. The molecule has 0 aliphatic carbocycles. The number of nitrogens with zero attached hydrogens (tertiary/aromatic N) is 2. The minimum atomic E-state index is 0.404. The average Bonchev–Trinajstić information content (AvgIpc) is 3.07. The van der Waals surface area contributed by atoms with Gasteiger partial charge in [-0.05, 0) is 29.8 Å². The van der Waals surface area contributed by atoms with E-state index in [2.05, 4.69) is 38.3 Å². The van der Waals surface area contributed by atoms with Crippen LogP contribution in [0.4, 0.5) is 0 Å². The molecule has 0 saturated heterocycles. The van der Waals surface area contributed by atoms with Crippen molar-refractivity contribution in [1.82, 2.24) is 10.2 Å². The van der Waals surface area contributed by atoms with Crippen molar-refractivity contribution in [2.24, 2.45) is 0 Å². The van der Waals surface area contributed by atoms with Crippen molar-refractivity contribution in [3.05, 3.63) is 52.7 Å². The second-order valence-corrected chi connectivity index (χ2v) is 5.61. The first-order valence-electron chi connectivity index (χ1n) is 5.56. The molecular formula is C13H9BrN2O2S. The van der Waals surface area contributed by atoms with Crippen molar-refractivity contribution < 1.29 is 8.83 Å². The molecular weight excluding hydrogens is 328 g/mol. The van der Waals surface area contributed by atoms with Gasteiger partial charge < -0.3 is 8.83 Å². The monoisotopic (exact) mass is 336 g/mol. The lowest BCUT2D eigenvalue weighted by Gasteiger charge is -1.98. The molecule has 2 aromatic heterocycles. The van der Waals surface area contributed by atoms with Crippen molar-refractivity contribution >= 4 is 27.7 Å². The van der Waals surface area contributed by atoms with Gasteiger partial charge in [-0.25, -0.2) is 0 Å². The fourth-order valence-electron chi connectivity index (χ4n) is 1.54. The van der Waals surface area contributed by atoms with Gasteiger partial charge in [-0.15, -0.1) is 10.2 Å². The van der Waals surface area contributed by atoms with Crippen molar-refractivity contribution in [1.29, 1.82) is 0 Å². The summed E-state index contributed by atoms with van der Waals surface area (Å²) in [5.41, 5.74) is 1.19. The van der Waals surface area contributed by atoms with Gasteiger partial charge in [-0.2, -0.15) is 0 Å². The van der Waals surface area contributed by atoms with Crippen molar-refractivity contribution in [2.75, 3.05) is 0 Å². The van der Waals surface area contributed by atoms with Gasteiger partial charge in [0.15, 0.2) is 5.76 Å². The number of thioether (sulfide) groups is 1. The van der Waals surface area contributed by atoms with Crippen molar-refractivity contribution in [3.63, 3.8) is 0 Å². The van der Waals surface area contributed by atoms with E-state index in [0.29, 0.717) is 16.9 Å². The van der Waals surface area contributed by atoms with Crippen LogP contribution in [0.15, 0.2) is 61.2 Å². The van der Waals surface area contributed by atoms with Gasteiger partial charge in [0.2, 0.25) is 0 Å². The lowest BCUT2D eigenvalue weighted by molar-refractivity contribution is 0.447. The zero-order chi connectivity index (χ0) is 13.1. The molecule has 4 nitrogen and oxygen atoms in total. The Labute approximate surface area is 122 Å². The lowest BCUT2D eigenvalue weighted by atomic mass is 10.2. The highest BCUT2D eigenvalue weighted by atomic mass is 79.9. The first-order chi connectivity index (χ1) is 9.31. The standard InChI is InChI=1S/C13H9BrN2O2S/c14-10-4-1-3-9(7-10)8-19-13-16-15-12(18-13)11-5-2-6-17-11/h1-7H,8H2. The summed E-state index contributed by atoms with van der Waals surface area (Å²) in [6, 6.07) is 11.7. The molecule has 6 heteroatoms. The summed E-state index contributed by atoms with van der Waals surface area (Å²) in [4.78, 5) is 0. The van der Waals surface area contributed by atoms with Crippen LogP contribution in [0.2, 0.25) is 0 Å². The highest BCUT2D eigenvalue weighted by Gasteiger charge is 2.11. The molecule has 0 spiro atoms. The van der Waals surface area contributed by atoms with Crippen LogP contribution in [0.1, 0.15) is 5.56 Å². The topological polar surface area (TPSA) is 52.1 Å². The first kappa shape index (κ1) is 12.5. The van der Waals surface area contributed by atoms with Crippen molar-refractivity contribution in [3.8, 4) is 11.7 Å². The zero-order valence-corrected chi connectivity index (χ0v) is 12.1. The third-order valence-electron chi connectivity index (χ3n) is 2.39. The summed E-state index contributed by atoms with van der Waals surface area (Å²) < 4.78 is 11.8. The van der Waals surface area contributed by atoms with E-state index in [1.54, 1.807) is 18.4 Å². The number of aromatic nitrogens is 2. The Morgan fingerprint density at radius 2 is 2.11 bits per heavy atom. The fourth-order valence-corrected chi connectivity index (χ4v) is 2.69. The molecule has 0 amide bonds. The summed E-state index contributed by atoms with van der Waals surface area (Å²) in [6.07, 6.45) is 1.58. The molecule has 0 saturated carbocycles. The van der Waals surface area contributed by atoms with Gasteiger partial charge in [0.1, 0.15) is 0 Å². The maximum Gasteiger partial charge on any atom is 0.284 e. The summed E-state index contributed by atoms with van der Waals surface area (Å²) in [6.45, 7) is 0. The molecule has 0 radical (unpaired) electrons. The predicted molar refractivity (Wildman–Crippen MR) is 75.7 cm³/mol. The molecule has 0 aliphatic rings. The van der Waals surface area contributed by atoms with E-state index in [1.807, 2.05) is 12.1 Å². The SMILES string of the molecule is Brc1cccc(CSc2nnc(-c3ccco3)o2)c1. The second kappa shape index (κ2) is 5.63. The Bertz CT molecular complexity index is 667. The molecule has 96 valence electrons. The van der Waals surface area contributed by atoms with E-state index < -0.39 is 0 Å². The molecule has 2 heterocycles. The number of benzene rings is 1. The molecule has 3 rings (SSSR count). The molecule has 0 aliphatic heterocycles. The molecule has 1 aromatic carbocycles. The predicted octanol–water partition coefficient (Wildman–Crippen LogP) is 4.38. The Morgan fingerprint density at radius 1 is 1.16 bits per heavy atom. The van der Waals surface area contributed by atoms with Crippen LogP contribution in [0.3, 0.4) is 0 Å². The average molecular weight is 337 g/mol. The molecule has 0 fully saturated rings. The van der Waals surface area contributed by atoms with Gasteiger partial charge in [0, 0.05) is 10.2 Å². The maximum atomic E-state index is 5.52. The van der Waals surface area contributed by atoms with Crippen molar-refractivity contribution in [2.45, 2.75) is 11.0 Å². The van der Waals surface area contributed by atoms with Crippen LogP contribution in [-0.4, -0.2) is 10.2 Å². The zero-order valence-electron chi connectivity index (χ0n) is 9.75. The van der Waals surface area contributed by atoms with Gasteiger partial charge in [0.05, 0.1) is 6.26 Å². The molecule has 0 N–H and O–H groups in total. The normalized spacial score (nSPS) is 10.8. The van der Waals surface area contributed by atoms with Crippen LogP contribution < -0.4 is 0 Å². The number of rotatable bonds is 4. The summed E-state index contributed by atoms with van der Waals surface area (Å²) in [5.74, 6) is 1.77. The maximum absolute atomic E-state index is 5.52. The number of hydrogen-bond donors (Lipinski definition) is 0. The quantitative estimate of drug-likeness (QED) is 0.661. The number of furan rings is 1. The minimum absolute atomic E-state index is 0.404. The van der Waals surface area contributed by atoms with E-state index in [-0.39, 0.29) is 0 Å². The smallest absolute Gasteiger partial charge is 0.284 e. The molecule has 3 aromatic rings. The van der Waals surface area contributed by atoms with Gasteiger partial charge in [-0.3, -0.25) is 0 Å². The molecule has 19 heavy (non-hydrogen) atoms. The van der Waals surface area contributed by atoms with E-state index in [1.165, 1.54) is 17.3 Å². The van der Waals surface area contributed by atoms with Crippen LogP contribution in [0, 0.1) is 0 Å². The fraction of sp³-hybridized carbons (Fsp3) is 0.0769. The van der Waals surface area contributed by atoms with Gasteiger partial charge >= 0.3 is 0 Å². The van der Waals surface area contributed by atoms with Crippen LogP contribution in [-0.2, 0) is 5.75 Å². The molecule has 0 bridgehead atoms. The number of halogens is 1. The van der Waals surface area contributed by atoms with E-state index >= 15 is 0 Å². The molecule has 0 unspecified atom stereocenters. The van der Waals surface area contributed by atoms with Crippen LogP contribution in [0.25, 0.3) is 11.7 Å². The number of hydrogen-bond acceptors (Lipinski definition) is 5. The highest BCUT2D eigenvalue weighted by Crippen LogP contribution is 2.26. The van der Waals surface area contributed by atoms with Gasteiger partial charge in [-0.1, -0.05) is 39.8 Å². The van der Waals surface area contributed by atoms with E-state index in [0.717, 1.165) is 10.2 Å². The first-order valence-corrected chi connectivity index (χ1v) is 7.34. The minimum Gasteiger partial charge on any atom is -0.459 e.